The minimum atomic E-state index is -1.08. The van der Waals surface area contributed by atoms with Crippen molar-refractivity contribution in [2.24, 2.45) is 5.92 Å². The zero-order valence-electron chi connectivity index (χ0n) is 15.3. The smallest absolute Gasteiger partial charge is 0.326 e. The molecule has 0 saturated heterocycles. The molecule has 26 heavy (non-hydrogen) atoms. The summed E-state index contributed by atoms with van der Waals surface area (Å²) in [7, 11) is 0. The second-order valence-corrected chi connectivity index (χ2v) is 6.85. The fourth-order valence-electron chi connectivity index (χ4n) is 2.94. The number of rotatable bonds is 8. The fraction of sp³-hybridized carbons (Fsp3) is 0.421. The summed E-state index contributed by atoms with van der Waals surface area (Å²) in [6, 6.07) is 4.91. The third-order valence-electron chi connectivity index (χ3n) is 4.13. The average Bonchev–Trinajstić information content (AvgIpc) is 2.96. The third kappa shape index (κ3) is 5.08. The fourth-order valence-corrected chi connectivity index (χ4v) is 2.94. The van der Waals surface area contributed by atoms with Crippen LogP contribution in [0.1, 0.15) is 31.4 Å². The van der Waals surface area contributed by atoms with E-state index in [1.54, 1.807) is 6.20 Å². The Balaban J connectivity index is 1.89. The number of hydrogen-bond donors (Lipinski definition) is 4. The van der Waals surface area contributed by atoms with Crippen LogP contribution in [0, 0.1) is 12.8 Å². The van der Waals surface area contributed by atoms with Crippen LogP contribution < -0.4 is 10.6 Å². The molecule has 7 nitrogen and oxygen atoms in total. The van der Waals surface area contributed by atoms with Crippen LogP contribution in [-0.4, -0.2) is 40.5 Å². The van der Waals surface area contributed by atoms with Crippen LogP contribution in [0.2, 0.25) is 0 Å². The Morgan fingerprint density at radius 2 is 1.92 bits per heavy atom. The van der Waals surface area contributed by atoms with E-state index in [0.717, 1.165) is 22.0 Å². The lowest BCUT2D eigenvalue weighted by atomic mass is 10.0. The maximum atomic E-state index is 12.1. The minimum Gasteiger partial charge on any atom is -0.480 e. The van der Waals surface area contributed by atoms with Gasteiger partial charge < -0.3 is 20.7 Å². The quantitative estimate of drug-likeness (QED) is 0.575. The number of hydrogen-bond acceptors (Lipinski definition) is 3. The van der Waals surface area contributed by atoms with Gasteiger partial charge in [-0.3, -0.25) is 9.59 Å². The second kappa shape index (κ2) is 8.51. The molecule has 140 valence electrons. The number of benzene rings is 1. The molecule has 0 aliphatic carbocycles. The predicted molar refractivity (Wildman–Crippen MR) is 98.8 cm³/mol. The van der Waals surface area contributed by atoms with Crippen LogP contribution >= 0.6 is 0 Å². The largest absolute Gasteiger partial charge is 0.480 e. The van der Waals surface area contributed by atoms with Gasteiger partial charge in [0.25, 0.3) is 0 Å². The Bertz CT molecular complexity index is 810. The molecular formula is C19H25N3O4. The first-order valence-corrected chi connectivity index (χ1v) is 8.62. The summed E-state index contributed by atoms with van der Waals surface area (Å²) >= 11 is 0. The maximum absolute atomic E-state index is 12.1. The summed E-state index contributed by atoms with van der Waals surface area (Å²) in [5.74, 6) is -1.75. The number of aromatic amines is 1. The van der Waals surface area contributed by atoms with Crippen LogP contribution in [0.5, 0.6) is 0 Å². The zero-order chi connectivity index (χ0) is 19.3. The summed E-state index contributed by atoms with van der Waals surface area (Å²) in [6.07, 6.45) is 2.27. The van der Waals surface area contributed by atoms with E-state index in [1.165, 1.54) is 0 Å². The number of carbonyl (C=O) groups is 3. The Labute approximate surface area is 152 Å². The van der Waals surface area contributed by atoms with Gasteiger partial charge in [0.05, 0.1) is 13.0 Å². The number of nitrogens with one attached hydrogen (secondary N) is 3. The van der Waals surface area contributed by atoms with Gasteiger partial charge in [0.2, 0.25) is 11.8 Å². The monoisotopic (exact) mass is 359 g/mol. The molecular weight excluding hydrogens is 334 g/mol. The Kier molecular flexibility index (Phi) is 6.38. The van der Waals surface area contributed by atoms with Crippen molar-refractivity contribution in [3.63, 3.8) is 0 Å². The van der Waals surface area contributed by atoms with E-state index >= 15 is 0 Å². The Hall–Kier alpha value is -2.83. The summed E-state index contributed by atoms with van der Waals surface area (Å²) in [5.41, 5.74) is 2.89. The maximum Gasteiger partial charge on any atom is 0.326 e. The highest BCUT2D eigenvalue weighted by Gasteiger charge is 2.21. The Morgan fingerprint density at radius 1 is 1.19 bits per heavy atom. The number of carbonyl (C=O) groups excluding carboxylic acids is 2. The van der Waals surface area contributed by atoms with Gasteiger partial charge in [-0.25, -0.2) is 4.79 Å². The van der Waals surface area contributed by atoms with E-state index in [2.05, 4.69) is 15.6 Å². The molecule has 2 aromatic rings. The number of aromatic nitrogens is 1. The first-order chi connectivity index (χ1) is 12.3. The molecule has 1 heterocycles. The first-order valence-electron chi connectivity index (χ1n) is 8.62. The molecule has 0 bridgehead atoms. The van der Waals surface area contributed by atoms with Gasteiger partial charge >= 0.3 is 5.97 Å². The van der Waals surface area contributed by atoms with Crippen molar-refractivity contribution in [3.8, 4) is 0 Å². The molecule has 0 fully saturated rings. The van der Waals surface area contributed by atoms with E-state index in [4.69, 9.17) is 5.11 Å². The SMILES string of the molecule is Cc1cccc2[nH]cc(CC(=O)NCC(=O)N[C@@H](CC(C)C)C(=O)O)c12. The lowest BCUT2D eigenvalue weighted by Crippen LogP contribution is -2.46. The van der Waals surface area contributed by atoms with Gasteiger partial charge in [0.15, 0.2) is 0 Å². The van der Waals surface area contributed by atoms with Gasteiger partial charge in [0.1, 0.15) is 6.04 Å². The second-order valence-electron chi connectivity index (χ2n) is 6.85. The van der Waals surface area contributed by atoms with E-state index in [-0.39, 0.29) is 24.8 Å². The van der Waals surface area contributed by atoms with Gasteiger partial charge in [-0.15, -0.1) is 0 Å². The molecule has 0 radical (unpaired) electrons. The van der Waals surface area contributed by atoms with Crippen LogP contribution in [0.25, 0.3) is 10.9 Å². The van der Waals surface area contributed by atoms with E-state index in [9.17, 15) is 14.4 Å². The van der Waals surface area contributed by atoms with E-state index in [0.29, 0.717) is 6.42 Å². The van der Waals surface area contributed by atoms with Crippen molar-refractivity contribution >= 4 is 28.7 Å². The van der Waals surface area contributed by atoms with Gasteiger partial charge in [-0.2, -0.15) is 0 Å². The van der Waals surface area contributed by atoms with Crippen molar-refractivity contribution in [1.82, 2.24) is 15.6 Å². The minimum absolute atomic E-state index is 0.135. The molecule has 1 aromatic carbocycles. The molecule has 0 aliphatic heterocycles. The summed E-state index contributed by atoms with van der Waals surface area (Å²) in [4.78, 5) is 38.4. The predicted octanol–water partition coefficient (Wildman–Crippen LogP) is 1.75. The number of amides is 2. The molecule has 0 aliphatic rings. The lowest BCUT2D eigenvalue weighted by molar-refractivity contribution is -0.142. The number of carboxylic acid groups (broad SMARTS) is 1. The lowest BCUT2D eigenvalue weighted by Gasteiger charge is -2.16. The zero-order valence-corrected chi connectivity index (χ0v) is 15.3. The molecule has 0 saturated carbocycles. The van der Waals surface area contributed by atoms with Crippen LogP contribution in [0.15, 0.2) is 24.4 Å². The van der Waals surface area contributed by atoms with Crippen molar-refractivity contribution in [2.45, 2.75) is 39.7 Å². The number of aryl methyl sites for hydroxylation is 1. The van der Waals surface area contributed by atoms with Gasteiger partial charge in [0, 0.05) is 17.1 Å². The standard InChI is InChI=1S/C19H25N3O4/c1-11(2)7-15(19(25)26)22-17(24)10-21-16(23)8-13-9-20-14-6-4-5-12(3)18(13)14/h4-6,9,11,15,20H,7-8,10H2,1-3H3,(H,21,23)(H,22,24)(H,25,26)/t15-/m0/s1. The number of carboxylic acids is 1. The number of aliphatic carboxylic acids is 1. The van der Waals surface area contributed by atoms with Crippen LogP contribution in [0.3, 0.4) is 0 Å². The molecule has 2 amide bonds. The van der Waals surface area contributed by atoms with Crippen molar-refractivity contribution in [3.05, 3.63) is 35.5 Å². The normalized spacial score (nSPS) is 12.2. The summed E-state index contributed by atoms with van der Waals surface area (Å²) in [6.45, 7) is 5.49. The topological polar surface area (TPSA) is 111 Å². The number of H-pyrrole nitrogens is 1. The summed E-state index contributed by atoms with van der Waals surface area (Å²) < 4.78 is 0. The highest BCUT2D eigenvalue weighted by Crippen LogP contribution is 2.22. The molecule has 2 rings (SSSR count). The highest BCUT2D eigenvalue weighted by molar-refractivity contribution is 5.92. The average molecular weight is 359 g/mol. The van der Waals surface area contributed by atoms with Crippen molar-refractivity contribution in [1.29, 1.82) is 0 Å². The number of fused-ring (bicyclic) bond motifs is 1. The van der Waals surface area contributed by atoms with Gasteiger partial charge in [-0.05, 0) is 36.5 Å². The van der Waals surface area contributed by atoms with Crippen molar-refractivity contribution in [2.75, 3.05) is 6.54 Å². The molecule has 7 heteroatoms. The van der Waals surface area contributed by atoms with Crippen LogP contribution in [0.4, 0.5) is 0 Å². The Morgan fingerprint density at radius 3 is 2.58 bits per heavy atom. The molecule has 4 N–H and O–H groups in total. The van der Waals surface area contributed by atoms with E-state index in [1.807, 2.05) is 39.0 Å². The molecule has 0 spiro atoms. The molecule has 0 unspecified atom stereocenters. The first kappa shape index (κ1) is 19.5. The van der Waals surface area contributed by atoms with Crippen LogP contribution in [-0.2, 0) is 20.8 Å². The highest BCUT2D eigenvalue weighted by atomic mass is 16.4. The van der Waals surface area contributed by atoms with E-state index < -0.39 is 17.9 Å². The molecule has 1 aromatic heterocycles. The molecule has 1 atom stereocenters. The van der Waals surface area contributed by atoms with Gasteiger partial charge in [-0.1, -0.05) is 26.0 Å². The third-order valence-corrected chi connectivity index (χ3v) is 4.13. The summed E-state index contributed by atoms with van der Waals surface area (Å²) in [5, 5.41) is 15.1. The van der Waals surface area contributed by atoms with Crippen molar-refractivity contribution < 1.29 is 19.5 Å².